The zero-order valence-electron chi connectivity index (χ0n) is 15.4. The molecule has 2 aromatic heterocycles. The first-order valence-corrected chi connectivity index (χ1v) is 10.1. The van der Waals surface area contributed by atoms with E-state index in [1.54, 1.807) is 23.6 Å². The van der Waals surface area contributed by atoms with E-state index in [0.29, 0.717) is 12.1 Å². The van der Waals surface area contributed by atoms with Gasteiger partial charge in [0.25, 0.3) is 0 Å². The van der Waals surface area contributed by atoms with Gasteiger partial charge in [0.2, 0.25) is 5.13 Å². The van der Waals surface area contributed by atoms with E-state index in [1.165, 1.54) is 6.07 Å². The fraction of sp³-hybridized carbons (Fsp3) is 0.0435. The van der Waals surface area contributed by atoms with Crippen LogP contribution in [-0.2, 0) is 6.54 Å². The number of nitrogens with zero attached hydrogens (tertiary/aromatic N) is 3. The van der Waals surface area contributed by atoms with Crippen LogP contribution in [0.15, 0.2) is 84.1 Å². The van der Waals surface area contributed by atoms with Crippen LogP contribution in [0.2, 0.25) is 0 Å². The van der Waals surface area contributed by atoms with E-state index in [-0.39, 0.29) is 5.82 Å². The number of halogens is 1. The Labute approximate surface area is 170 Å². The lowest BCUT2D eigenvalue weighted by Crippen LogP contribution is -2.00. The van der Waals surface area contributed by atoms with Gasteiger partial charge in [-0.2, -0.15) is 5.10 Å². The maximum absolute atomic E-state index is 14.1. The number of thiazole rings is 1. The number of nitrogens with one attached hydrogen (secondary N) is 1. The Bertz CT molecular complexity index is 1300. The summed E-state index contributed by atoms with van der Waals surface area (Å²) in [4.78, 5) is 4.52. The molecular weight excluding hydrogens is 383 g/mol. The molecule has 0 saturated carbocycles. The fourth-order valence-corrected chi connectivity index (χ4v) is 4.21. The highest BCUT2D eigenvalue weighted by molar-refractivity contribution is 7.22. The molecular formula is C23H17FN4S. The first kappa shape index (κ1) is 17.6. The SMILES string of the molecule is Fc1ccccc1Cn1cc(/C=N/Nc2nc3ccccc3s2)c2ccccc21. The van der Waals surface area contributed by atoms with Crippen molar-refractivity contribution in [1.82, 2.24) is 9.55 Å². The predicted molar refractivity (Wildman–Crippen MR) is 118 cm³/mol. The summed E-state index contributed by atoms with van der Waals surface area (Å²) in [6, 6.07) is 22.9. The van der Waals surface area contributed by atoms with Gasteiger partial charge in [0.15, 0.2) is 0 Å². The van der Waals surface area contributed by atoms with Gasteiger partial charge in [0, 0.05) is 28.2 Å². The van der Waals surface area contributed by atoms with Crippen molar-refractivity contribution >= 4 is 43.8 Å². The van der Waals surface area contributed by atoms with E-state index in [9.17, 15) is 4.39 Å². The highest BCUT2D eigenvalue weighted by Gasteiger charge is 2.09. The van der Waals surface area contributed by atoms with Crippen molar-refractivity contribution in [2.45, 2.75) is 6.54 Å². The fourth-order valence-electron chi connectivity index (χ4n) is 3.40. The summed E-state index contributed by atoms with van der Waals surface area (Å²) in [7, 11) is 0. The summed E-state index contributed by atoms with van der Waals surface area (Å²) in [6.07, 6.45) is 3.78. The Hall–Kier alpha value is -3.51. The Morgan fingerprint density at radius 3 is 2.69 bits per heavy atom. The van der Waals surface area contributed by atoms with Gasteiger partial charge in [0.05, 0.1) is 23.0 Å². The van der Waals surface area contributed by atoms with Crippen molar-refractivity contribution in [3.63, 3.8) is 0 Å². The Balaban J connectivity index is 1.44. The second-order valence-corrected chi connectivity index (χ2v) is 7.71. The standard InChI is InChI=1S/C23H17FN4S/c24-19-9-3-1-7-16(19)14-28-15-17(18-8-2-5-11-21(18)28)13-25-27-23-26-20-10-4-6-12-22(20)29-23/h1-13,15H,14H2,(H,26,27)/b25-13+. The molecule has 0 fully saturated rings. The Morgan fingerprint density at radius 1 is 1.00 bits per heavy atom. The van der Waals surface area contributed by atoms with Crippen LogP contribution in [-0.4, -0.2) is 15.8 Å². The molecule has 0 aliphatic carbocycles. The molecule has 4 nitrogen and oxygen atoms in total. The molecule has 0 saturated heterocycles. The maximum atomic E-state index is 14.1. The molecule has 0 atom stereocenters. The molecule has 1 N–H and O–H groups in total. The molecule has 6 heteroatoms. The van der Waals surface area contributed by atoms with Crippen LogP contribution in [0.25, 0.3) is 21.1 Å². The largest absolute Gasteiger partial charge is 0.342 e. The van der Waals surface area contributed by atoms with Crippen LogP contribution >= 0.6 is 11.3 Å². The van der Waals surface area contributed by atoms with Crippen molar-refractivity contribution in [3.05, 3.63) is 95.9 Å². The molecule has 0 amide bonds. The second-order valence-electron chi connectivity index (χ2n) is 6.68. The number of para-hydroxylation sites is 2. The van der Waals surface area contributed by atoms with Gasteiger partial charge in [-0.1, -0.05) is 59.9 Å². The molecule has 0 radical (unpaired) electrons. The molecule has 0 spiro atoms. The second kappa shape index (κ2) is 7.48. The lowest BCUT2D eigenvalue weighted by atomic mass is 10.2. The van der Waals surface area contributed by atoms with E-state index in [4.69, 9.17) is 0 Å². The molecule has 2 heterocycles. The van der Waals surface area contributed by atoms with E-state index < -0.39 is 0 Å². The van der Waals surface area contributed by atoms with E-state index in [1.807, 2.05) is 71.4 Å². The van der Waals surface area contributed by atoms with Gasteiger partial charge in [-0.05, 0) is 24.3 Å². The Kier molecular flexibility index (Phi) is 4.54. The quantitative estimate of drug-likeness (QED) is 0.295. The lowest BCUT2D eigenvalue weighted by Gasteiger charge is -2.06. The van der Waals surface area contributed by atoms with Crippen molar-refractivity contribution in [2.24, 2.45) is 5.10 Å². The van der Waals surface area contributed by atoms with Crippen LogP contribution in [0.1, 0.15) is 11.1 Å². The highest BCUT2D eigenvalue weighted by atomic mass is 32.1. The molecule has 29 heavy (non-hydrogen) atoms. The third-order valence-electron chi connectivity index (χ3n) is 4.78. The van der Waals surface area contributed by atoms with E-state index in [0.717, 1.165) is 31.8 Å². The summed E-state index contributed by atoms with van der Waals surface area (Å²) in [6.45, 7) is 0.465. The number of hydrogen-bond acceptors (Lipinski definition) is 4. The van der Waals surface area contributed by atoms with Crippen LogP contribution in [0, 0.1) is 5.82 Å². The topological polar surface area (TPSA) is 42.2 Å². The minimum absolute atomic E-state index is 0.196. The van der Waals surface area contributed by atoms with Crippen LogP contribution in [0.3, 0.4) is 0 Å². The highest BCUT2D eigenvalue weighted by Crippen LogP contribution is 2.26. The summed E-state index contributed by atoms with van der Waals surface area (Å²) in [5.74, 6) is -0.196. The first-order valence-electron chi connectivity index (χ1n) is 9.24. The van der Waals surface area contributed by atoms with E-state index in [2.05, 4.69) is 15.5 Å². The predicted octanol–water partition coefficient (Wildman–Crippen LogP) is 5.88. The molecule has 142 valence electrons. The minimum atomic E-state index is -0.196. The third-order valence-corrected chi connectivity index (χ3v) is 5.72. The zero-order chi connectivity index (χ0) is 19.6. The normalized spacial score (nSPS) is 11.6. The number of benzene rings is 3. The molecule has 0 unspecified atom stereocenters. The average molecular weight is 400 g/mol. The molecule has 5 rings (SSSR count). The Morgan fingerprint density at radius 2 is 1.79 bits per heavy atom. The first-order chi connectivity index (χ1) is 14.3. The van der Waals surface area contributed by atoms with Crippen LogP contribution in [0.5, 0.6) is 0 Å². The number of fused-ring (bicyclic) bond motifs is 2. The van der Waals surface area contributed by atoms with Crippen molar-refractivity contribution in [1.29, 1.82) is 0 Å². The summed E-state index contributed by atoms with van der Waals surface area (Å²) >= 11 is 1.56. The van der Waals surface area contributed by atoms with Crippen LogP contribution < -0.4 is 5.43 Å². The molecule has 0 aliphatic rings. The summed E-state index contributed by atoms with van der Waals surface area (Å²) in [5, 5.41) is 6.20. The lowest BCUT2D eigenvalue weighted by molar-refractivity contribution is 0.602. The van der Waals surface area contributed by atoms with Crippen molar-refractivity contribution in [2.75, 3.05) is 5.43 Å². The molecule has 0 bridgehead atoms. The molecule has 0 aliphatic heterocycles. The minimum Gasteiger partial charge on any atom is -0.342 e. The van der Waals surface area contributed by atoms with Crippen LogP contribution in [0.4, 0.5) is 9.52 Å². The number of hydrazone groups is 1. The van der Waals surface area contributed by atoms with Gasteiger partial charge < -0.3 is 4.57 Å². The van der Waals surface area contributed by atoms with Crippen molar-refractivity contribution < 1.29 is 4.39 Å². The number of aromatic nitrogens is 2. The average Bonchev–Trinajstić information content (AvgIpc) is 3.31. The van der Waals surface area contributed by atoms with Gasteiger partial charge in [-0.25, -0.2) is 9.37 Å². The molecule has 5 aromatic rings. The van der Waals surface area contributed by atoms with E-state index >= 15 is 0 Å². The zero-order valence-corrected chi connectivity index (χ0v) is 16.2. The number of rotatable bonds is 5. The monoisotopic (exact) mass is 400 g/mol. The van der Waals surface area contributed by atoms with Crippen molar-refractivity contribution in [3.8, 4) is 0 Å². The van der Waals surface area contributed by atoms with Gasteiger partial charge >= 0.3 is 0 Å². The molecule has 3 aromatic carbocycles. The number of hydrogen-bond donors (Lipinski definition) is 1. The van der Waals surface area contributed by atoms with Gasteiger partial charge in [0.1, 0.15) is 5.82 Å². The van der Waals surface area contributed by atoms with Gasteiger partial charge in [-0.15, -0.1) is 0 Å². The maximum Gasteiger partial charge on any atom is 0.204 e. The smallest absolute Gasteiger partial charge is 0.204 e. The third kappa shape index (κ3) is 3.50. The summed E-state index contributed by atoms with van der Waals surface area (Å²) in [5.41, 5.74) is 6.64. The number of anilines is 1. The van der Waals surface area contributed by atoms with Gasteiger partial charge in [-0.3, -0.25) is 5.43 Å². The summed E-state index contributed by atoms with van der Waals surface area (Å²) < 4.78 is 17.3.